The van der Waals surface area contributed by atoms with E-state index in [0.717, 1.165) is 29.6 Å². The number of nitriles is 1. The fourth-order valence-corrected chi connectivity index (χ4v) is 1.66. The number of nitrogens with zero attached hydrogens (tertiary/aromatic N) is 1. The molecule has 1 fully saturated rings. The second kappa shape index (κ2) is 3.71. The van der Waals surface area contributed by atoms with Crippen LogP contribution in [0.15, 0.2) is 24.3 Å². The van der Waals surface area contributed by atoms with Crippen molar-refractivity contribution in [3.63, 3.8) is 0 Å². The van der Waals surface area contributed by atoms with Gasteiger partial charge in [0.1, 0.15) is 6.07 Å². The first-order chi connectivity index (χ1) is 6.81. The monoisotopic (exact) mass is 186 g/mol. The number of para-hydroxylation sites is 1. The van der Waals surface area contributed by atoms with Crippen molar-refractivity contribution in [2.24, 2.45) is 11.8 Å². The van der Waals surface area contributed by atoms with Gasteiger partial charge in [-0.05, 0) is 30.4 Å². The minimum atomic E-state index is 0.737. The van der Waals surface area contributed by atoms with Gasteiger partial charge in [0.2, 0.25) is 0 Å². The smallest absolute Gasteiger partial charge is 0.101 e. The molecule has 1 aromatic carbocycles. The highest BCUT2D eigenvalue weighted by Crippen LogP contribution is 2.37. The van der Waals surface area contributed by atoms with Gasteiger partial charge in [-0.25, -0.2) is 0 Å². The van der Waals surface area contributed by atoms with Gasteiger partial charge in [0.15, 0.2) is 0 Å². The number of hydrogen-bond acceptors (Lipinski definition) is 2. The van der Waals surface area contributed by atoms with E-state index >= 15 is 0 Å². The molecule has 14 heavy (non-hydrogen) atoms. The Morgan fingerprint density at radius 3 is 2.86 bits per heavy atom. The first kappa shape index (κ1) is 9.08. The summed E-state index contributed by atoms with van der Waals surface area (Å²) >= 11 is 0. The molecule has 0 bridgehead atoms. The number of benzene rings is 1. The van der Waals surface area contributed by atoms with Crippen LogP contribution in [0.1, 0.15) is 18.9 Å². The average Bonchev–Trinajstić information content (AvgIpc) is 2.92. The third-order valence-electron chi connectivity index (χ3n) is 2.88. The van der Waals surface area contributed by atoms with E-state index in [-0.39, 0.29) is 0 Å². The summed E-state index contributed by atoms with van der Waals surface area (Å²) in [6.45, 7) is 3.27. The topological polar surface area (TPSA) is 35.8 Å². The van der Waals surface area contributed by atoms with Crippen LogP contribution in [0.5, 0.6) is 0 Å². The molecule has 2 unspecified atom stereocenters. The highest BCUT2D eigenvalue weighted by atomic mass is 14.9. The lowest BCUT2D eigenvalue weighted by molar-refractivity contribution is 0.787. The lowest BCUT2D eigenvalue weighted by Gasteiger charge is -2.06. The van der Waals surface area contributed by atoms with Gasteiger partial charge in [-0.1, -0.05) is 19.1 Å². The van der Waals surface area contributed by atoms with Crippen molar-refractivity contribution < 1.29 is 0 Å². The quantitative estimate of drug-likeness (QED) is 0.787. The van der Waals surface area contributed by atoms with Gasteiger partial charge in [0.25, 0.3) is 0 Å². The lowest BCUT2D eigenvalue weighted by Crippen LogP contribution is -2.05. The predicted molar refractivity (Wildman–Crippen MR) is 56.9 cm³/mol. The van der Waals surface area contributed by atoms with Crippen molar-refractivity contribution in [3.8, 4) is 6.07 Å². The molecule has 0 radical (unpaired) electrons. The van der Waals surface area contributed by atoms with Crippen LogP contribution >= 0.6 is 0 Å². The maximum absolute atomic E-state index is 8.86. The Morgan fingerprint density at radius 2 is 2.21 bits per heavy atom. The summed E-state index contributed by atoms with van der Waals surface area (Å²) in [6.07, 6.45) is 1.32. The standard InChI is InChI=1S/C12H14N2/c1-9-6-11(9)8-14-12-5-3-2-4-10(12)7-13/h2-5,9,11,14H,6,8H2,1H3. The second-order valence-corrected chi connectivity index (χ2v) is 4.01. The van der Waals surface area contributed by atoms with Gasteiger partial charge in [0.05, 0.1) is 11.3 Å². The maximum Gasteiger partial charge on any atom is 0.101 e. The highest BCUT2D eigenvalue weighted by molar-refractivity contribution is 5.57. The molecule has 0 aromatic heterocycles. The second-order valence-electron chi connectivity index (χ2n) is 4.01. The van der Waals surface area contributed by atoms with Crippen molar-refractivity contribution in [2.45, 2.75) is 13.3 Å². The predicted octanol–water partition coefficient (Wildman–Crippen LogP) is 2.63. The summed E-state index contributed by atoms with van der Waals surface area (Å²) in [5.74, 6) is 1.67. The Balaban J connectivity index is 1.98. The first-order valence-electron chi connectivity index (χ1n) is 5.04. The molecule has 1 saturated carbocycles. The normalized spacial score (nSPS) is 24.0. The van der Waals surface area contributed by atoms with Crippen molar-refractivity contribution >= 4 is 5.69 Å². The molecule has 0 saturated heterocycles. The van der Waals surface area contributed by atoms with E-state index in [4.69, 9.17) is 5.26 Å². The third-order valence-corrected chi connectivity index (χ3v) is 2.88. The van der Waals surface area contributed by atoms with Crippen LogP contribution in [0.4, 0.5) is 5.69 Å². The van der Waals surface area contributed by atoms with Crippen molar-refractivity contribution in [1.29, 1.82) is 5.26 Å². The third kappa shape index (κ3) is 1.88. The molecule has 2 nitrogen and oxygen atoms in total. The number of nitrogens with one attached hydrogen (secondary N) is 1. The summed E-state index contributed by atoms with van der Waals surface area (Å²) < 4.78 is 0. The van der Waals surface area contributed by atoms with Gasteiger partial charge < -0.3 is 5.32 Å². The van der Waals surface area contributed by atoms with E-state index in [1.807, 2.05) is 24.3 Å². The molecule has 1 aliphatic rings. The molecule has 2 rings (SSSR count). The summed E-state index contributed by atoms with van der Waals surface area (Å²) in [7, 11) is 0. The maximum atomic E-state index is 8.86. The van der Waals surface area contributed by atoms with E-state index in [9.17, 15) is 0 Å². The SMILES string of the molecule is CC1CC1CNc1ccccc1C#N. The number of rotatable bonds is 3. The lowest BCUT2D eigenvalue weighted by atomic mass is 10.2. The fourth-order valence-electron chi connectivity index (χ4n) is 1.66. The molecular formula is C12H14N2. The molecule has 2 heteroatoms. The molecule has 1 aliphatic carbocycles. The largest absolute Gasteiger partial charge is 0.384 e. The minimum Gasteiger partial charge on any atom is -0.384 e. The number of hydrogen-bond donors (Lipinski definition) is 1. The molecule has 0 aliphatic heterocycles. The zero-order valence-electron chi connectivity index (χ0n) is 8.33. The van der Waals surface area contributed by atoms with E-state index in [1.54, 1.807) is 0 Å². The molecule has 0 heterocycles. The van der Waals surface area contributed by atoms with Crippen LogP contribution in [-0.2, 0) is 0 Å². The molecular weight excluding hydrogens is 172 g/mol. The van der Waals surface area contributed by atoms with Gasteiger partial charge >= 0.3 is 0 Å². The van der Waals surface area contributed by atoms with Crippen molar-refractivity contribution in [2.75, 3.05) is 11.9 Å². The van der Waals surface area contributed by atoms with Crippen LogP contribution < -0.4 is 5.32 Å². The van der Waals surface area contributed by atoms with E-state index < -0.39 is 0 Å². The minimum absolute atomic E-state index is 0.737. The zero-order valence-corrected chi connectivity index (χ0v) is 8.33. The molecule has 72 valence electrons. The first-order valence-corrected chi connectivity index (χ1v) is 5.04. The van der Waals surface area contributed by atoms with Gasteiger partial charge in [-0.3, -0.25) is 0 Å². The summed E-state index contributed by atoms with van der Waals surface area (Å²) in [5, 5.41) is 12.2. The van der Waals surface area contributed by atoms with Gasteiger partial charge in [-0.2, -0.15) is 5.26 Å². The molecule has 0 spiro atoms. The van der Waals surface area contributed by atoms with Crippen molar-refractivity contribution in [3.05, 3.63) is 29.8 Å². The Hall–Kier alpha value is -1.49. The molecule has 1 aromatic rings. The van der Waals surface area contributed by atoms with Crippen LogP contribution in [0.2, 0.25) is 0 Å². The van der Waals surface area contributed by atoms with Gasteiger partial charge in [0, 0.05) is 6.54 Å². The molecule has 0 amide bonds. The van der Waals surface area contributed by atoms with E-state index in [1.165, 1.54) is 6.42 Å². The van der Waals surface area contributed by atoms with Crippen LogP contribution in [0.25, 0.3) is 0 Å². The summed E-state index contributed by atoms with van der Waals surface area (Å²) in [5.41, 5.74) is 1.70. The summed E-state index contributed by atoms with van der Waals surface area (Å²) in [6, 6.07) is 9.85. The molecule has 1 N–H and O–H groups in total. The number of anilines is 1. The average molecular weight is 186 g/mol. The van der Waals surface area contributed by atoms with Crippen molar-refractivity contribution in [1.82, 2.24) is 0 Å². The Morgan fingerprint density at radius 1 is 1.50 bits per heavy atom. The van der Waals surface area contributed by atoms with E-state index in [2.05, 4.69) is 18.3 Å². The molecule has 2 atom stereocenters. The van der Waals surface area contributed by atoms with Crippen LogP contribution in [0.3, 0.4) is 0 Å². The fraction of sp³-hybridized carbons (Fsp3) is 0.417. The van der Waals surface area contributed by atoms with E-state index in [0.29, 0.717) is 0 Å². The Kier molecular flexibility index (Phi) is 2.41. The summed E-state index contributed by atoms with van der Waals surface area (Å²) in [4.78, 5) is 0. The highest BCUT2D eigenvalue weighted by Gasteiger charge is 2.31. The van der Waals surface area contributed by atoms with Crippen LogP contribution in [0, 0.1) is 23.2 Å². The van der Waals surface area contributed by atoms with Gasteiger partial charge in [-0.15, -0.1) is 0 Å². The Bertz CT molecular complexity index is 365. The Labute approximate surface area is 84.6 Å². The zero-order chi connectivity index (χ0) is 9.97. The van der Waals surface area contributed by atoms with Crippen LogP contribution in [-0.4, -0.2) is 6.54 Å².